The van der Waals surface area contributed by atoms with Gasteiger partial charge in [-0.2, -0.15) is 4.98 Å². The van der Waals surface area contributed by atoms with E-state index in [0.717, 1.165) is 30.6 Å². The van der Waals surface area contributed by atoms with Crippen LogP contribution in [0.25, 0.3) is 0 Å². The summed E-state index contributed by atoms with van der Waals surface area (Å²) >= 11 is 0. The highest BCUT2D eigenvalue weighted by Crippen LogP contribution is 2.36. The minimum Gasteiger partial charge on any atom is -0.384 e. The second kappa shape index (κ2) is 6.29. The third kappa shape index (κ3) is 3.43. The Morgan fingerprint density at radius 2 is 2.14 bits per heavy atom. The normalized spacial score (nSPS) is 21.6. The van der Waals surface area contributed by atoms with Crippen molar-refractivity contribution in [3.8, 4) is 0 Å². The number of nitrogens with zero attached hydrogens (tertiary/aromatic N) is 2. The Hall–Kier alpha value is -1.84. The Labute approximate surface area is 126 Å². The van der Waals surface area contributed by atoms with Crippen LogP contribution in [0.5, 0.6) is 0 Å². The maximum atomic E-state index is 5.38. The summed E-state index contributed by atoms with van der Waals surface area (Å²) in [6.07, 6.45) is 4.44. The molecule has 0 saturated heterocycles. The molecule has 1 aliphatic carbocycles. The summed E-state index contributed by atoms with van der Waals surface area (Å²) in [7, 11) is 0. The van der Waals surface area contributed by atoms with Gasteiger partial charge in [0.05, 0.1) is 0 Å². The van der Waals surface area contributed by atoms with Crippen molar-refractivity contribution >= 4 is 5.69 Å². The first-order chi connectivity index (χ1) is 10.2. The molecule has 0 spiro atoms. The lowest BCUT2D eigenvalue weighted by molar-refractivity contribution is 0.371. The van der Waals surface area contributed by atoms with Gasteiger partial charge in [-0.25, -0.2) is 0 Å². The van der Waals surface area contributed by atoms with Gasteiger partial charge in [0.25, 0.3) is 0 Å². The summed E-state index contributed by atoms with van der Waals surface area (Å²) in [6, 6.07) is 8.29. The van der Waals surface area contributed by atoms with Gasteiger partial charge in [0.15, 0.2) is 5.82 Å². The van der Waals surface area contributed by atoms with Crippen molar-refractivity contribution in [3.05, 3.63) is 41.5 Å². The summed E-state index contributed by atoms with van der Waals surface area (Å²) in [5.41, 5.74) is 2.42. The van der Waals surface area contributed by atoms with Crippen LogP contribution < -0.4 is 5.32 Å². The lowest BCUT2D eigenvalue weighted by Crippen LogP contribution is -2.06. The second-order valence-corrected chi connectivity index (χ2v) is 6.15. The molecule has 2 unspecified atom stereocenters. The number of hydrogen-bond donors (Lipinski definition) is 1. The molecule has 112 valence electrons. The molecule has 4 nitrogen and oxygen atoms in total. The van der Waals surface area contributed by atoms with Crippen molar-refractivity contribution in [2.75, 3.05) is 11.9 Å². The zero-order valence-corrected chi connectivity index (χ0v) is 12.8. The van der Waals surface area contributed by atoms with Gasteiger partial charge in [0.2, 0.25) is 5.89 Å². The zero-order chi connectivity index (χ0) is 14.7. The lowest BCUT2D eigenvalue weighted by Gasteiger charge is -2.07. The van der Waals surface area contributed by atoms with Gasteiger partial charge in [-0.1, -0.05) is 30.3 Å². The van der Waals surface area contributed by atoms with E-state index in [1.54, 1.807) is 0 Å². The molecule has 1 heterocycles. The first-order valence-corrected chi connectivity index (χ1v) is 7.84. The van der Waals surface area contributed by atoms with Gasteiger partial charge in [-0.3, -0.25) is 0 Å². The van der Waals surface area contributed by atoms with Crippen molar-refractivity contribution < 1.29 is 4.52 Å². The highest BCUT2D eigenvalue weighted by Gasteiger charge is 2.26. The van der Waals surface area contributed by atoms with Gasteiger partial charge in [-0.05, 0) is 43.7 Å². The Kier molecular flexibility index (Phi) is 4.23. The Balaban J connectivity index is 1.52. The number of nitrogens with one attached hydrogen (secondary N) is 1. The van der Waals surface area contributed by atoms with Crippen LogP contribution in [0.1, 0.15) is 49.4 Å². The van der Waals surface area contributed by atoms with E-state index in [1.165, 1.54) is 30.5 Å². The molecular weight excluding hydrogens is 262 g/mol. The maximum Gasteiger partial charge on any atom is 0.228 e. The van der Waals surface area contributed by atoms with Crippen LogP contribution in [0.2, 0.25) is 0 Å². The number of benzene rings is 1. The minimum absolute atomic E-state index is 0.502. The van der Waals surface area contributed by atoms with E-state index in [4.69, 9.17) is 4.52 Å². The molecule has 2 atom stereocenters. The number of aromatic nitrogens is 2. The van der Waals surface area contributed by atoms with E-state index in [0.29, 0.717) is 5.92 Å². The van der Waals surface area contributed by atoms with Crippen molar-refractivity contribution in [2.24, 2.45) is 5.92 Å². The summed E-state index contributed by atoms with van der Waals surface area (Å²) in [5.74, 6) is 2.94. The van der Waals surface area contributed by atoms with E-state index in [9.17, 15) is 0 Å². The number of anilines is 1. The summed E-state index contributed by atoms with van der Waals surface area (Å²) < 4.78 is 5.38. The Morgan fingerprint density at radius 1 is 1.29 bits per heavy atom. The van der Waals surface area contributed by atoms with Crippen LogP contribution in [0, 0.1) is 12.8 Å². The maximum absolute atomic E-state index is 5.38. The fourth-order valence-corrected chi connectivity index (χ4v) is 3.05. The molecule has 0 radical (unpaired) electrons. The number of para-hydroxylation sites is 1. The fourth-order valence-electron chi connectivity index (χ4n) is 3.05. The van der Waals surface area contributed by atoms with Crippen LogP contribution in [0.3, 0.4) is 0 Å². The first kappa shape index (κ1) is 14.1. The van der Waals surface area contributed by atoms with E-state index in [-0.39, 0.29) is 0 Å². The van der Waals surface area contributed by atoms with Gasteiger partial charge in [0, 0.05) is 24.6 Å². The molecule has 2 aromatic rings. The smallest absolute Gasteiger partial charge is 0.228 e. The average Bonchev–Trinajstić information content (AvgIpc) is 3.10. The number of rotatable bonds is 5. The van der Waals surface area contributed by atoms with Crippen molar-refractivity contribution in [3.63, 3.8) is 0 Å². The lowest BCUT2D eigenvalue weighted by atomic mass is 10.1. The number of aryl methyl sites for hydroxylation is 1. The second-order valence-electron chi connectivity index (χ2n) is 6.15. The van der Waals surface area contributed by atoms with E-state index in [1.807, 2.05) is 12.1 Å². The average molecular weight is 285 g/mol. The third-order valence-corrected chi connectivity index (χ3v) is 4.34. The van der Waals surface area contributed by atoms with Gasteiger partial charge >= 0.3 is 0 Å². The highest BCUT2D eigenvalue weighted by molar-refractivity contribution is 5.50. The molecule has 3 rings (SSSR count). The Bertz CT molecular complexity index is 593. The number of hydrogen-bond acceptors (Lipinski definition) is 4. The molecule has 4 heteroatoms. The van der Waals surface area contributed by atoms with Gasteiger partial charge in [0.1, 0.15) is 0 Å². The van der Waals surface area contributed by atoms with Gasteiger partial charge < -0.3 is 9.84 Å². The molecule has 21 heavy (non-hydrogen) atoms. The molecule has 0 amide bonds. The Morgan fingerprint density at radius 3 is 2.90 bits per heavy atom. The van der Waals surface area contributed by atoms with E-state index in [2.05, 4.69) is 41.4 Å². The van der Waals surface area contributed by atoms with Crippen molar-refractivity contribution in [1.82, 2.24) is 10.1 Å². The van der Waals surface area contributed by atoms with Crippen LogP contribution in [-0.2, 0) is 6.42 Å². The molecule has 1 aliphatic rings. The molecule has 1 aromatic carbocycles. The van der Waals surface area contributed by atoms with Crippen molar-refractivity contribution in [2.45, 2.75) is 45.4 Å². The monoisotopic (exact) mass is 285 g/mol. The van der Waals surface area contributed by atoms with Crippen LogP contribution in [0.4, 0.5) is 5.69 Å². The molecule has 1 aromatic heterocycles. The molecule has 1 fully saturated rings. The largest absolute Gasteiger partial charge is 0.384 e. The molecule has 0 bridgehead atoms. The van der Waals surface area contributed by atoms with E-state index < -0.39 is 0 Å². The zero-order valence-electron chi connectivity index (χ0n) is 12.8. The topological polar surface area (TPSA) is 51.0 Å². The van der Waals surface area contributed by atoms with Gasteiger partial charge in [-0.15, -0.1) is 0 Å². The van der Waals surface area contributed by atoms with Crippen LogP contribution in [-0.4, -0.2) is 16.7 Å². The predicted molar refractivity (Wildman–Crippen MR) is 83.4 cm³/mol. The summed E-state index contributed by atoms with van der Waals surface area (Å²) in [4.78, 5) is 4.56. The quantitative estimate of drug-likeness (QED) is 0.904. The first-order valence-electron chi connectivity index (χ1n) is 7.84. The summed E-state index contributed by atoms with van der Waals surface area (Å²) in [5, 5.41) is 7.58. The van der Waals surface area contributed by atoms with Crippen molar-refractivity contribution in [1.29, 1.82) is 0 Å². The van der Waals surface area contributed by atoms with E-state index >= 15 is 0 Å². The predicted octanol–water partition coefficient (Wildman–Crippen LogP) is 3.94. The minimum atomic E-state index is 0.502. The standard InChI is InChI=1S/C17H23N3O/c1-12-7-8-14(11-12)17-19-16(21-20-17)9-10-18-15-6-4-3-5-13(15)2/h3-6,12,14,18H,7-11H2,1-2H3. The highest BCUT2D eigenvalue weighted by atomic mass is 16.5. The molecule has 1 N–H and O–H groups in total. The van der Waals surface area contributed by atoms with Crippen LogP contribution in [0.15, 0.2) is 28.8 Å². The SMILES string of the molecule is Cc1ccccc1NCCc1nc(C2CCC(C)C2)no1. The molecule has 1 saturated carbocycles. The van der Waals surface area contributed by atoms with Crippen LogP contribution >= 0.6 is 0 Å². The third-order valence-electron chi connectivity index (χ3n) is 4.34. The molecular formula is C17H23N3O. The summed E-state index contributed by atoms with van der Waals surface area (Å²) in [6.45, 7) is 5.22. The molecule has 0 aliphatic heterocycles. The fraction of sp³-hybridized carbons (Fsp3) is 0.529.